The quantitative estimate of drug-likeness (QED) is 0.537. The Morgan fingerprint density at radius 1 is 1.35 bits per heavy atom. The Morgan fingerprint density at radius 3 is 2.65 bits per heavy atom. The summed E-state index contributed by atoms with van der Waals surface area (Å²) in [6.07, 6.45) is 0.802. The highest BCUT2D eigenvalue weighted by atomic mass is 16.5. The van der Waals surface area contributed by atoms with Crippen LogP contribution in [-0.4, -0.2) is 63.3 Å². The van der Waals surface area contributed by atoms with Gasteiger partial charge in [0.05, 0.1) is 19.1 Å². The SMILES string of the molecule is COCCCNC(=O)C(C)N1CC(C)C(C(=O)OC)C1. The number of hydrogen-bond donors (Lipinski definition) is 1. The lowest BCUT2D eigenvalue weighted by molar-refractivity contribution is -0.146. The molecule has 0 aromatic heterocycles. The highest BCUT2D eigenvalue weighted by molar-refractivity contribution is 5.81. The second-order valence-electron chi connectivity index (χ2n) is 5.37. The lowest BCUT2D eigenvalue weighted by atomic mass is 9.99. The maximum Gasteiger partial charge on any atom is 0.310 e. The van der Waals surface area contributed by atoms with Crippen LogP contribution in [0.15, 0.2) is 0 Å². The van der Waals surface area contributed by atoms with Gasteiger partial charge in [-0.15, -0.1) is 0 Å². The van der Waals surface area contributed by atoms with E-state index >= 15 is 0 Å². The number of ether oxygens (including phenoxy) is 2. The van der Waals surface area contributed by atoms with Gasteiger partial charge in [-0.1, -0.05) is 6.92 Å². The maximum atomic E-state index is 12.0. The van der Waals surface area contributed by atoms with E-state index in [1.165, 1.54) is 7.11 Å². The van der Waals surface area contributed by atoms with Crippen LogP contribution in [0.2, 0.25) is 0 Å². The molecule has 1 aliphatic rings. The molecule has 6 nitrogen and oxygen atoms in total. The third-order valence-electron chi connectivity index (χ3n) is 3.90. The predicted octanol–water partition coefficient (Wildman–Crippen LogP) is 0.269. The number of methoxy groups -OCH3 is 2. The number of carbonyl (C=O) groups is 2. The first-order chi connectivity index (χ1) is 9.51. The van der Waals surface area contributed by atoms with Crippen LogP contribution in [0.25, 0.3) is 0 Å². The zero-order chi connectivity index (χ0) is 15.1. The molecule has 0 radical (unpaired) electrons. The summed E-state index contributed by atoms with van der Waals surface area (Å²) in [4.78, 5) is 25.7. The number of nitrogens with one attached hydrogen (secondary N) is 1. The molecule has 0 aromatic rings. The first-order valence-corrected chi connectivity index (χ1v) is 7.09. The molecular formula is C14H26N2O4. The van der Waals surface area contributed by atoms with Gasteiger partial charge in [-0.05, 0) is 19.3 Å². The Morgan fingerprint density at radius 2 is 2.05 bits per heavy atom. The standard InChI is InChI=1S/C14H26N2O4/c1-10-8-16(9-12(10)14(18)20-4)11(2)13(17)15-6-5-7-19-3/h10-12H,5-9H2,1-4H3,(H,15,17). The van der Waals surface area contributed by atoms with E-state index in [-0.39, 0.29) is 29.8 Å². The molecule has 1 fully saturated rings. The number of likely N-dealkylation sites (tertiary alicyclic amines) is 1. The molecule has 3 atom stereocenters. The summed E-state index contributed by atoms with van der Waals surface area (Å²) < 4.78 is 9.74. The molecule has 116 valence electrons. The lowest BCUT2D eigenvalue weighted by Gasteiger charge is -2.23. The van der Waals surface area contributed by atoms with Crippen molar-refractivity contribution in [1.29, 1.82) is 0 Å². The fraction of sp³-hybridized carbons (Fsp3) is 0.857. The van der Waals surface area contributed by atoms with Crippen LogP contribution in [-0.2, 0) is 19.1 Å². The van der Waals surface area contributed by atoms with Crippen molar-refractivity contribution >= 4 is 11.9 Å². The van der Waals surface area contributed by atoms with E-state index < -0.39 is 0 Å². The van der Waals surface area contributed by atoms with Crippen LogP contribution in [0.4, 0.5) is 0 Å². The summed E-state index contributed by atoms with van der Waals surface area (Å²) in [6, 6.07) is -0.227. The number of nitrogens with zero attached hydrogens (tertiary/aromatic N) is 1. The van der Waals surface area contributed by atoms with Crippen LogP contribution in [0, 0.1) is 11.8 Å². The smallest absolute Gasteiger partial charge is 0.310 e. The second kappa shape index (κ2) is 8.21. The minimum absolute atomic E-state index is 0.00109. The zero-order valence-corrected chi connectivity index (χ0v) is 12.8. The molecule has 1 N–H and O–H groups in total. The van der Waals surface area contributed by atoms with Gasteiger partial charge >= 0.3 is 5.97 Å². The summed E-state index contributed by atoms with van der Waals surface area (Å²) >= 11 is 0. The van der Waals surface area contributed by atoms with Crippen LogP contribution < -0.4 is 5.32 Å². The average molecular weight is 286 g/mol. The molecule has 1 heterocycles. The molecule has 1 aliphatic heterocycles. The van der Waals surface area contributed by atoms with Crippen LogP contribution in [0.3, 0.4) is 0 Å². The molecule has 1 amide bonds. The normalized spacial score (nSPS) is 24.4. The van der Waals surface area contributed by atoms with Crippen molar-refractivity contribution < 1.29 is 19.1 Å². The van der Waals surface area contributed by atoms with E-state index in [0.29, 0.717) is 19.7 Å². The fourth-order valence-corrected chi connectivity index (χ4v) is 2.52. The van der Waals surface area contributed by atoms with E-state index in [1.54, 1.807) is 7.11 Å². The number of esters is 1. The highest BCUT2D eigenvalue weighted by Crippen LogP contribution is 2.25. The molecule has 6 heteroatoms. The largest absolute Gasteiger partial charge is 0.469 e. The zero-order valence-electron chi connectivity index (χ0n) is 12.8. The number of carbonyl (C=O) groups excluding carboxylic acids is 2. The highest BCUT2D eigenvalue weighted by Gasteiger charge is 2.38. The van der Waals surface area contributed by atoms with Gasteiger partial charge in [-0.25, -0.2) is 0 Å². The third kappa shape index (κ3) is 4.45. The summed E-state index contributed by atoms with van der Waals surface area (Å²) in [6.45, 7) is 6.47. The van der Waals surface area contributed by atoms with E-state index in [0.717, 1.165) is 13.0 Å². The van der Waals surface area contributed by atoms with Gasteiger partial charge in [0.15, 0.2) is 0 Å². The molecule has 0 aliphatic carbocycles. The van der Waals surface area contributed by atoms with Gasteiger partial charge < -0.3 is 14.8 Å². The van der Waals surface area contributed by atoms with E-state index in [9.17, 15) is 9.59 Å². The molecule has 3 unspecified atom stereocenters. The Balaban J connectivity index is 2.42. The maximum absolute atomic E-state index is 12.0. The van der Waals surface area contributed by atoms with Crippen LogP contribution in [0.1, 0.15) is 20.3 Å². The van der Waals surface area contributed by atoms with Gasteiger partial charge in [-0.3, -0.25) is 14.5 Å². The van der Waals surface area contributed by atoms with Crippen molar-refractivity contribution in [2.24, 2.45) is 11.8 Å². The average Bonchev–Trinajstić information content (AvgIpc) is 2.83. The van der Waals surface area contributed by atoms with Crippen LogP contribution >= 0.6 is 0 Å². The van der Waals surface area contributed by atoms with Crippen molar-refractivity contribution in [2.75, 3.05) is 40.5 Å². The Kier molecular flexibility index (Phi) is 6.95. The van der Waals surface area contributed by atoms with Crippen LogP contribution in [0.5, 0.6) is 0 Å². The second-order valence-corrected chi connectivity index (χ2v) is 5.37. The summed E-state index contributed by atoms with van der Waals surface area (Å²) in [5.74, 6) is -0.110. The van der Waals surface area contributed by atoms with Gasteiger partial charge in [0, 0.05) is 33.4 Å². The molecule has 1 rings (SSSR count). The topological polar surface area (TPSA) is 67.9 Å². The summed E-state index contributed by atoms with van der Waals surface area (Å²) in [5.41, 5.74) is 0. The molecule has 1 saturated heterocycles. The Labute approximate surface area is 120 Å². The van der Waals surface area contributed by atoms with Crippen molar-refractivity contribution in [2.45, 2.75) is 26.3 Å². The van der Waals surface area contributed by atoms with E-state index in [2.05, 4.69) is 5.32 Å². The molecule has 20 heavy (non-hydrogen) atoms. The van der Waals surface area contributed by atoms with Crippen molar-refractivity contribution in [3.63, 3.8) is 0 Å². The van der Waals surface area contributed by atoms with Crippen molar-refractivity contribution in [3.05, 3.63) is 0 Å². The fourth-order valence-electron chi connectivity index (χ4n) is 2.52. The Hall–Kier alpha value is -1.14. The van der Waals surface area contributed by atoms with Crippen molar-refractivity contribution in [1.82, 2.24) is 10.2 Å². The molecule has 0 spiro atoms. The number of hydrogen-bond acceptors (Lipinski definition) is 5. The minimum Gasteiger partial charge on any atom is -0.469 e. The molecule has 0 bridgehead atoms. The lowest BCUT2D eigenvalue weighted by Crippen LogP contribution is -2.44. The summed E-state index contributed by atoms with van der Waals surface area (Å²) in [5, 5.41) is 2.89. The van der Waals surface area contributed by atoms with Gasteiger partial charge in [0.2, 0.25) is 5.91 Å². The predicted molar refractivity (Wildman–Crippen MR) is 75.2 cm³/mol. The van der Waals surface area contributed by atoms with Gasteiger partial charge in [0.25, 0.3) is 0 Å². The van der Waals surface area contributed by atoms with Crippen molar-refractivity contribution in [3.8, 4) is 0 Å². The third-order valence-corrected chi connectivity index (χ3v) is 3.90. The Bertz CT molecular complexity index is 335. The minimum atomic E-state index is -0.227. The first kappa shape index (κ1) is 16.9. The van der Waals surface area contributed by atoms with Gasteiger partial charge in [-0.2, -0.15) is 0 Å². The summed E-state index contributed by atoms with van der Waals surface area (Å²) in [7, 11) is 3.05. The number of amides is 1. The number of rotatable bonds is 7. The molecular weight excluding hydrogens is 260 g/mol. The first-order valence-electron chi connectivity index (χ1n) is 7.09. The molecule has 0 aromatic carbocycles. The molecule has 0 saturated carbocycles. The van der Waals surface area contributed by atoms with E-state index in [4.69, 9.17) is 9.47 Å². The monoisotopic (exact) mass is 286 g/mol. The van der Waals surface area contributed by atoms with Gasteiger partial charge in [0.1, 0.15) is 0 Å². The van der Waals surface area contributed by atoms with E-state index in [1.807, 2.05) is 18.7 Å².